The molecule has 1 heterocycles. The lowest BCUT2D eigenvalue weighted by Crippen LogP contribution is -2.16. The van der Waals surface area contributed by atoms with Crippen LogP contribution in [0, 0.1) is 13.8 Å². The number of methoxy groups -OCH3 is 1. The summed E-state index contributed by atoms with van der Waals surface area (Å²) < 4.78 is 6.84. The van der Waals surface area contributed by atoms with Crippen LogP contribution in [0.2, 0.25) is 0 Å². The lowest BCUT2D eigenvalue weighted by Gasteiger charge is -2.09. The summed E-state index contributed by atoms with van der Waals surface area (Å²) in [5.74, 6) is 0.572. The van der Waals surface area contributed by atoms with Crippen LogP contribution in [0.3, 0.4) is 0 Å². The fourth-order valence-corrected chi connectivity index (χ4v) is 2.66. The summed E-state index contributed by atoms with van der Waals surface area (Å²) in [4.78, 5) is 12.7. The number of nitrogens with one attached hydrogen (secondary N) is 1. The standard InChI is InChI=1S/C20H21N3O2/c1-13-8-9-14(2)17(10-13)21-20(24)19-12-18(22-23(19)3)15-6-5-7-16(11-15)25-4/h5-12H,1-4H3,(H,21,24). The molecule has 1 amide bonds. The van der Waals surface area contributed by atoms with Crippen molar-refractivity contribution >= 4 is 11.6 Å². The minimum atomic E-state index is -0.183. The summed E-state index contributed by atoms with van der Waals surface area (Å²) in [6.45, 7) is 3.97. The Bertz CT molecular complexity index is 928. The lowest BCUT2D eigenvalue weighted by molar-refractivity contribution is 0.101. The molecule has 0 atom stereocenters. The van der Waals surface area contributed by atoms with Crippen molar-refractivity contribution in [2.24, 2.45) is 7.05 Å². The third kappa shape index (κ3) is 3.55. The van der Waals surface area contributed by atoms with Crippen molar-refractivity contribution in [3.63, 3.8) is 0 Å². The number of hydrogen-bond donors (Lipinski definition) is 1. The van der Waals surface area contributed by atoms with E-state index in [0.717, 1.165) is 33.8 Å². The first-order chi connectivity index (χ1) is 12.0. The molecule has 0 spiro atoms. The summed E-state index contributed by atoms with van der Waals surface area (Å²) in [6, 6.07) is 15.4. The van der Waals surface area contributed by atoms with Crippen molar-refractivity contribution in [3.8, 4) is 17.0 Å². The van der Waals surface area contributed by atoms with E-state index in [4.69, 9.17) is 4.74 Å². The summed E-state index contributed by atoms with van der Waals surface area (Å²) in [5.41, 5.74) is 5.07. The fraction of sp³-hybridized carbons (Fsp3) is 0.200. The van der Waals surface area contributed by atoms with Gasteiger partial charge in [-0.05, 0) is 49.2 Å². The molecular formula is C20H21N3O2. The van der Waals surface area contributed by atoms with Crippen LogP contribution in [0.4, 0.5) is 5.69 Å². The Kier molecular flexibility index (Phi) is 4.57. The molecule has 1 aromatic heterocycles. The van der Waals surface area contributed by atoms with Crippen molar-refractivity contribution in [1.29, 1.82) is 0 Å². The topological polar surface area (TPSA) is 56.1 Å². The molecule has 25 heavy (non-hydrogen) atoms. The van der Waals surface area contributed by atoms with Crippen LogP contribution < -0.4 is 10.1 Å². The third-order valence-electron chi connectivity index (χ3n) is 4.12. The van der Waals surface area contributed by atoms with E-state index in [1.165, 1.54) is 0 Å². The maximum absolute atomic E-state index is 12.7. The Morgan fingerprint density at radius 3 is 2.68 bits per heavy atom. The molecule has 2 aromatic carbocycles. The predicted octanol–water partition coefficient (Wildman–Crippen LogP) is 3.96. The van der Waals surface area contributed by atoms with Gasteiger partial charge in [0.05, 0.1) is 12.8 Å². The van der Waals surface area contributed by atoms with E-state index in [-0.39, 0.29) is 5.91 Å². The van der Waals surface area contributed by atoms with Gasteiger partial charge in [0.1, 0.15) is 11.4 Å². The zero-order chi connectivity index (χ0) is 18.0. The number of carbonyl (C=O) groups excluding carboxylic acids is 1. The number of carbonyl (C=O) groups is 1. The first kappa shape index (κ1) is 16.8. The van der Waals surface area contributed by atoms with Crippen molar-refractivity contribution < 1.29 is 9.53 Å². The Labute approximate surface area is 147 Å². The second-order valence-corrected chi connectivity index (χ2v) is 6.04. The second-order valence-electron chi connectivity index (χ2n) is 6.04. The smallest absolute Gasteiger partial charge is 0.273 e. The van der Waals surface area contributed by atoms with E-state index in [9.17, 15) is 4.79 Å². The molecule has 0 bridgehead atoms. The van der Waals surface area contributed by atoms with Crippen LogP contribution in [0.25, 0.3) is 11.3 Å². The van der Waals surface area contributed by atoms with Gasteiger partial charge in [0.25, 0.3) is 5.91 Å². The van der Waals surface area contributed by atoms with Gasteiger partial charge < -0.3 is 10.1 Å². The van der Waals surface area contributed by atoms with E-state index in [0.29, 0.717) is 5.69 Å². The van der Waals surface area contributed by atoms with Crippen LogP contribution in [-0.2, 0) is 7.05 Å². The van der Waals surface area contributed by atoms with Crippen molar-refractivity contribution in [2.45, 2.75) is 13.8 Å². The van der Waals surface area contributed by atoms with Gasteiger partial charge in [-0.3, -0.25) is 9.48 Å². The molecular weight excluding hydrogens is 314 g/mol. The third-order valence-corrected chi connectivity index (χ3v) is 4.12. The van der Waals surface area contributed by atoms with Gasteiger partial charge in [-0.2, -0.15) is 5.10 Å². The normalized spacial score (nSPS) is 10.6. The number of ether oxygens (including phenoxy) is 1. The number of aryl methyl sites for hydroxylation is 3. The van der Waals surface area contributed by atoms with Gasteiger partial charge in [-0.15, -0.1) is 0 Å². The van der Waals surface area contributed by atoms with Crippen LogP contribution in [0.5, 0.6) is 5.75 Å². The number of nitrogens with zero attached hydrogens (tertiary/aromatic N) is 2. The molecule has 3 rings (SSSR count). The molecule has 5 nitrogen and oxygen atoms in total. The van der Waals surface area contributed by atoms with Gasteiger partial charge in [0, 0.05) is 18.3 Å². The number of amides is 1. The quantitative estimate of drug-likeness (QED) is 0.785. The van der Waals surface area contributed by atoms with Crippen molar-refractivity contribution in [2.75, 3.05) is 12.4 Å². The first-order valence-electron chi connectivity index (χ1n) is 8.05. The SMILES string of the molecule is COc1cccc(-c2cc(C(=O)Nc3cc(C)ccc3C)n(C)n2)c1. The van der Waals surface area contributed by atoms with E-state index >= 15 is 0 Å². The highest BCUT2D eigenvalue weighted by Crippen LogP contribution is 2.24. The summed E-state index contributed by atoms with van der Waals surface area (Å²) in [7, 11) is 3.39. The Hall–Kier alpha value is -3.08. The molecule has 0 unspecified atom stereocenters. The first-order valence-corrected chi connectivity index (χ1v) is 8.05. The Balaban J connectivity index is 1.89. The summed E-state index contributed by atoms with van der Waals surface area (Å²) >= 11 is 0. The van der Waals surface area contributed by atoms with Gasteiger partial charge in [-0.25, -0.2) is 0 Å². The molecule has 0 aliphatic rings. The van der Waals surface area contributed by atoms with Crippen molar-refractivity contribution in [1.82, 2.24) is 9.78 Å². The van der Waals surface area contributed by atoms with Gasteiger partial charge in [0.15, 0.2) is 0 Å². The molecule has 0 fully saturated rings. The number of benzene rings is 2. The number of rotatable bonds is 4. The Morgan fingerprint density at radius 2 is 1.92 bits per heavy atom. The largest absolute Gasteiger partial charge is 0.497 e. The van der Waals surface area contributed by atoms with Crippen LogP contribution >= 0.6 is 0 Å². The van der Waals surface area contributed by atoms with Crippen LogP contribution in [-0.4, -0.2) is 22.8 Å². The molecule has 1 N–H and O–H groups in total. The van der Waals surface area contributed by atoms with Crippen molar-refractivity contribution in [3.05, 3.63) is 65.4 Å². The Morgan fingerprint density at radius 1 is 1.12 bits per heavy atom. The highest BCUT2D eigenvalue weighted by Gasteiger charge is 2.15. The molecule has 0 saturated carbocycles. The lowest BCUT2D eigenvalue weighted by atomic mass is 10.1. The number of hydrogen-bond acceptors (Lipinski definition) is 3. The number of anilines is 1. The molecule has 3 aromatic rings. The average molecular weight is 335 g/mol. The van der Waals surface area contributed by atoms with Gasteiger partial charge in [-0.1, -0.05) is 24.3 Å². The average Bonchev–Trinajstić information content (AvgIpc) is 3.00. The van der Waals surface area contributed by atoms with E-state index in [1.807, 2.05) is 56.3 Å². The zero-order valence-electron chi connectivity index (χ0n) is 14.8. The van der Waals surface area contributed by atoms with Crippen LogP contribution in [0.15, 0.2) is 48.5 Å². The fourth-order valence-electron chi connectivity index (χ4n) is 2.66. The molecule has 0 aliphatic heterocycles. The predicted molar refractivity (Wildman–Crippen MR) is 99.1 cm³/mol. The molecule has 0 radical (unpaired) electrons. The second kappa shape index (κ2) is 6.81. The van der Waals surface area contributed by atoms with Crippen LogP contribution in [0.1, 0.15) is 21.6 Å². The highest BCUT2D eigenvalue weighted by atomic mass is 16.5. The molecule has 0 aliphatic carbocycles. The minimum Gasteiger partial charge on any atom is -0.497 e. The molecule has 128 valence electrons. The maximum atomic E-state index is 12.7. The highest BCUT2D eigenvalue weighted by molar-refractivity contribution is 6.04. The number of aromatic nitrogens is 2. The van der Waals surface area contributed by atoms with E-state index < -0.39 is 0 Å². The summed E-state index contributed by atoms with van der Waals surface area (Å²) in [6.07, 6.45) is 0. The monoisotopic (exact) mass is 335 g/mol. The van der Waals surface area contributed by atoms with E-state index in [2.05, 4.69) is 10.4 Å². The summed E-state index contributed by atoms with van der Waals surface area (Å²) in [5, 5.41) is 7.43. The zero-order valence-corrected chi connectivity index (χ0v) is 14.8. The van der Waals surface area contributed by atoms with Gasteiger partial charge in [0.2, 0.25) is 0 Å². The van der Waals surface area contributed by atoms with E-state index in [1.54, 1.807) is 24.9 Å². The molecule has 5 heteroatoms. The minimum absolute atomic E-state index is 0.183. The maximum Gasteiger partial charge on any atom is 0.273 e. The molecule has 0 saturated heterocycles. The van der Waals surface area contributed by atoms with Gasteiger partial charge >= 0.3 is 0 Å².